The lowest BCUT2D eigenvalue weighted by Crippen LogP contribution is -2.45. The van der Waals surface area contributed by atoms with E-state index in [0.717, 1.165) is 37.1 Å². The van der Waals surface area contributed by atoms with Crippen molar-refractivity contribution in [2.24, 2.45) is 0 Å². The Morgan fingerprint density at radius 2 is 1.85 bits per heavy atom. The lowest BCUT2D eigenvalue weighted by Gasteiger charge is -2.38. The number of ether oxygens (including phenoxy) is 3. The molecule has 0 bridgehead atoms. The number of anilines is 2. The molecule has 0 saturated carbocycles. The monoisotopic (exact) mass is 487 g/mol. The Morgan fingerprint density at radius 1 is 1.06 bits per heavy atom. The van der Waals surface area contributed by atoms with Crippen molar-refractivity contribution in [3.63, 3.8) is 0 Å². The first kappa shape index (κ1) is 22.2. The maximum atomic E-state index is 12.4. The Kier molecular flexibility index (Phi) is 6.29. The molecule has 2 aliphatic rings. The van der Waals surface area contributed by atoms with Crippen molar-refractivity contribution in [2.75, 3.05) is 43.1 Å². The average Bonchev–Trinajstić information content (AvgIpc) is 3.28. The number of nitrogens with one attached hydrogen (secondary N) is 1. The molecule has 0 aliphatic carbocycles. The van der Waals surface area contributed by atoms with E-state index in [1.165, 1.54) is 0 Å². The smallest absolute Gasteiger partial charge is 0.262 e. The van der Waals surface area contributed by atoms with E-state index in [1.807, 2.05) is 30.3 Å². The second kappa shape index (κ2) is 9.35. The number of hydrogen-bond donors (Lipinski definition) is 1. The molecule has 1 N–H and O–H groups in total. The highest BCUT2D eigenvalue weighted by molar-refractivity contribution is 6.42. The second-order valence-corrected chi connectivity index (χ2v) is 8.87. The van der Waals surface area contributed by atoms with Crippen LogP contribution in [0.25, 0.3) is 10.9 Å². The number of rotatable bonds is 5. The van der Waals surface area contributed by atoms with Gasteiger partial charge in [0, 0.05) is 37.0 Å². The molecule has 0 radical (unpaired) electrons. The van der Waals surface area contributed by atoms with Gasteiger partial charge in [-0.05, 0) is 36.4 Å². The van der Waals surface area contributed by atoms with Crippen LogP contribution < -0.4 is 15.0 Å². The molecule has 2 saturated heterocycles. The molecule has 2 aromatic carbocycles. The van der Waals surface area contributed by atoms with Gasteiger partial charge in [0.25, 0.3) is 5.91 Å². The minimum absolute atomic E-state index is 0.161. The molecular weight excluding hydrogens is 465 g/mol. The van der Waals surface area contributed by atoms with Gasteiger partial charge in [0.1, 0.15) is 17.1 Å². The van der Waals surface area contributed by atoms with E-state index in [-0.39, 0.29) is 12.5 Å². The van der Waals surface area contributed by atoms with Crippen LogP contribution in [0.4, 0.5) is 11.5 Å². The van der Waals surface area contributed by atoms with E-state index in [9.17, 15) is 4.79 Å². The normalized spacial score (nSPS) is 17.5. The van der Waals surface area contributed by atoms with Crippen molar-refractivity contribution in [2.45, 2.75) is 18.6 Å². The van der Waals surface area contributed by atoms with Gasteiger partial charge in [0.2, 0.25) is 0 Å². The number of para-hydroxylation sites is 1. The zero-order valence-corrected chi connectivity index (χ0v) is 19.4. The lowest BCUT2D eigenvalue weighted by molar-refractivity contribution is -0.169. The predicted octanol–water partition coefficient (Wildman–Crippen LogP) is 4.90. The minimum Gasteiger partial charge on any atom is -0.481 e. The predicted molar refractivity (Wildman–Crippen MR) is 128 cm³/mol. The summed E-state index contributed by atoms with van der Waals surface area (Å²) in [6.07, 6.45) is 1.61. The minimum atomic E-state index is -0.427. The summed E-state index contributed by atoms with van der Waals surface area (Å²) in [5.41, 5.74) is 1.26. The molecule has 172 valence electrons. The zero-order valence-electron chi connectivity index (χ0n) is 17.9. The number of carbonyl (C=O) groups excluding carboxylic acids is 1. The molecule has 7 nitrogen and oxygen atoms in total. The highest BCUT2D eigenvalue weighted by Gasteiger charge is 2.40. The fourth-order valence-electron chi connectivity index (χ4n) is 4.18. The summed E-state index contributed by atoms with van der Waals surface area (Å²) >= 11 is 11.9. The number of pyridine rings is 1. The van der Waals surface area contributed by atoms with Gasteiger partial charge in [0.05, 0.1) is 23.3 Å². The van der Waals surface area contributed by atoms with Crippen LogP contribution in [0.5, 0.6) is 5.75 Å². The number of halogens is 2. The van der Waals surface area contributed by atoms with Gasteiger partial charge in [-0.25, -0.2) is 4.98 Å². The molecule has 1 spiro atoms. The third-order valence-corrected chi connectivity index (χ3v) is 6.63. The summed E-state index contributed by atoms with van der Waals surface area (Å²) in [5, 5.41) is 4.50. The molecule has 5 rings (SSSR count). The first-order valence-electron chi connectivity index (χ1n) is 10.8. The van der Waals surface area contributed by atoms with Crippen LogP contribution >= 0.6 is 23.2 Å². The van der Waals surface area contributed by atoms with Crippen LogP contribution in [0, 0.1) is 0 Å². The van der Waals surface area contributed by atoms with E-state index in [0.29, 0.717) is 40.2 Å². The van der Waals surface area contributed by atoms with Crippen molar-refractivity contribution >= 4 is 51.5 Å². The number of fused-ring (bicyclic) bond motifs is 1. The van der Waals surface area contributed by atoms with Crippen molar-refractivity contribution in [1.29, 1.82) is 0 Å². The molecule has 2 aliphatic heterocycles. The summed E-state index contributed by atoms with van der Waals surface area (Å²) in [6, 6.07) is 14.6. The van der Waals surface area contributed by atoms with Crippen molar-refractivity contribution in [3.8, 4) is 5.75 Å². The first-order valence-corrected chi connectivity index (χ1v) is 11.6. The summed E-state index contributed by atoms with van der Waals surface area (Å²) in [7, 11) is 0. The summed E-state index contributed by atoms with van der Waals surface area (Å²) in [4.78, 5) is 19.5. The Balaban J connectivity index is 1.27. The lowest BCUT2D eigenvalue weighted by atomic mass is 10.0. The van der Waals surface area contributed by atoms with Gasteiger partial charge in [0.15, 0.2) is 12.4 Å². The quantitative estimate of drug-likeness (QED) is 0.551. The maximum Gasteiger partial charge on any atom is 0.262 e. The van der Waals surface area contributed by atoms with Gasteiger partial charge in [-0.3, -0.25) is 4.79 Å². The van der Waals surface area contributed by atoms with Crippen LogP contribution in [-0.4, -0.2) is 49.6 Å². The van der Waals surface area contributed by atoms with E-state index >= 15 is 0 Å². The summed E-state index contributed by atoms with van der Waals surface area (Å²) in [6.45, 7) is 2.76. The average molecular weight is 488 g/mol. The summed E-state index contributed by atoms with van der Waals surface area (Å²) < 4.78 is 17.5. The third-order valence-electron chi connectivity index (χ3n) is 5.89. The maximum absolute atomic E-state index is 12.4. The second-order valence-electron chi connectivity index (χ2n) is 8.06. The summed E-state index contributed by atoms with van der Waals surface area (Å²) in [5.74, 6) is 0.684. The highest BCUT2D eigenvalue weighted by Crippen LogP contribution is 2.34. The third kappa shape index (κ3) is 4.87. The number of piperidine rings is 1. The Morgan fingerprint density at radius 3 is 2.61 bits per heavy atom. The number of nitrogens with zero attached hydrogens (tertiary/aromatic N) is 2. The topological polar surface area (TPSA) is 72.9 Å². The molecule has 1 amide bonds. The van der Waals surface area contributed by atoms with Crippen LogP contribution in [0.3, 0.4) is 0 Å². The standard InChI is InChI=1S/C24H23Cl2N3O4/c25-18-6-5-17(14-19(18)26)27-22(30)15-31-20-3-1-2-16-4-7-21(28-23(16)20)29-10-8-24(9-11-29)32-12-13-33-24/h1-7,14H,8-13,15H2,(H,27,30). The Hall–Kier alpha value is -2.58. The SMILES string of the molecule is O=C(COc1cccc2ccc(N3CCC4(CC3)OCCO4)nc12)Nc1ccc(Cl)c(Cl)c1. The van der Waals surface area contributed by atoms with Crippen molar-refractivity contribution < 1.29 is 19.0 Å². The van der Waals surface area contributed by atoms with E-state index in [2.05, 4.69) is 10.2 Å². The molecule has 0 unspecified atom stereocenters. The van der Waals surface area contributed by atoms with Crippen LogP contribution in [0.1, 0.15) is 12.8 Å². The molecular formula is C24H23Cl2N3O4. The van der Waals surface area contributed by atoms with Gasteiger partial charge in [-0.2, -0.15) is 0 Å². The number of amides is 1. The number of carbonyl (C=O) groups is 1. The zero-order chi connectivity index (χ0) is 22.8. The van der Waals surface area contributed by atoms with Crippen molar-refractivity contribution in [3.05, 3.63) is 58.6 Å². The van der Waals surface area contributed by atoms with Gasteiger partial charge in [-0.15, -0.1) is 0 Å². The Labute approximate surface area is 201 Å². The molecule has 3 heterocycles. The first-order chi connectivity index (χ1) is 16.0. The fourth-order valence-corrected chi connectivity index (χ4v) is 4.48. The molecule has 0 atom stereocenters. The largest absolute Gasteiger partial charge is 0.481 e. The van der Waals surface area contributed by atoms with Gasteiger partial charge in [-0.1, -0.05) is 35.3 Å². The van der Waals surface area contributed by atoms with E-state index in [1.54, 1.807) is 18.2 Å². The number of aromatic nitrogens is 1. The Bertz CT molecular complexity index is 1170. The van der Waals surface area contributed by atoms with Gasteiger partial charge >= 0.3 is 0 Å². The molecule has 3 aromatic rings. The molecule has 9 heteroatoms. The van der Waals surface area contributed by atoms with Crippen LogP contribution in [0.2, 0.25) is 10.0 Å². The fraction of sp³-hybridized carbons (Fsp3) is 0.333. The van der Waals surface area contributed by atoms with E-state index < -0.39 is 5.79 Å². The van der Waals surface area contributed by atoms with Crippen LogP contribution in [0.15, 0.2) is 48.5 Å². The van der Waals surface area contributed by atoms with Crippen LogP contribution in [-0.2, 0) is 14.3 Å². The molecule has 33 heavy (non-hydrogen) atoms. The molecule has 1 aromatic heterocycles. The number of hydrogen-bond acceptors (Lipinski definition) is 6. The molecule has 2 fully saturated rings. The van der Waals surface area contributed by atoms with Crippen molar-refractivity contribution in [1.82, 2.24) is 4.98 Å². The van der Waals surface area contributed by atoms with E-state index in [4.69, 9.17) is 42.4 Å². The number of benzene rings is 2. The van der Waals surface area contributed by atoms with Gasteiger partial charge < -0.3 is 24.4 Å². The highest BCUT2D eigenvalue weighted by atomic mass is 35.5.